The summed E-state index contributed by atoms with van der Waals surface area (Å²) in [4.78, 5) is 5.58. The number of fused-ring (bicyclic) bond motifs is 8. The SMILES string of the molecule is N#Cc1cccc(C2=C3/CC3C/C(c3cccc(-n4c5ccccc5c5ccc6c(c54)C(c4ccccc4)(c4ccccc4)c4ccccc4-6)c3)=N/C(c3ccccc3)=C\2)c1. The van der Waals surface area contributed by atoms with Crippen molar-refractivity contribution >= 4 is 38.8 Å². The minimum Gasteiger partial charge on any atom is -0.309 e. The lowest BCUT2D eigenvalue weighted by molar-refractivity contribution is 0.771. The van der Waals surface area contributed by atoms with Crippen LogP contribution in [0.25, 0.3) is 49.9 Å². The van der Waals surface area contributed by atoms with Gasteiger partial charge in [-0.2, -0.15) is 5.26 Å². The Labute approximate surface area is 355 Å². The van der Waals surface area contributed by atoms with E-state index in [0.717, 1.165) is 46.6 Å². The average molecular weight is 778 g/mol. The predicted molar refractivity (Wildman–Crippen MR) is 250 cm³/mol. The molecule has 1 saturated carbocycles. The van der Waals surface area contributed by atoms with Crippen LogP contribution in [0.2, 0.25) is 0 Å². The fourth-order valence-electron chi connectivity index (χ4n) is 10.5. The molecule has 0 spiro atoms. The first kappa shape index (κ1) is 35.2. The number of aromatic nitrogens is 1. The minimum absolute atomic E-state index is 0.393. The lowest BCUT2D eigenvalue weighted by atomic mass is 9.67. The van der Waals surface area contributed by atoms with Crippen molar-refractivity contribution in [2.45, 2.75) is 18.3 Å². The van der Waals surface area contributed by atoms with Crippen LogP contribution < -0.4 is 0 Å². The number of benzene rings is 8. The van der Waals surface area contributed by atoms with Crippen LogP contribution >= 0.6 is 0 Å². The Morgan fingerprint density at radius 2 is 1.23 bits per heavy atom. The van der Waals surface area contributed by atoms with E-state index in [1.165, 1.54) is 66.3 Å². The van der Waals surface area contributed by atoms with E-state index in [1.54, 1.807) is 0 Å². The quantitative estimate of drug-likeness (QED) is 0.166. The molecule has 0 N–H and O–H groups in total. The Morgan fingerprint density at radius 1 is 0.557 bits per heavy atom. The monoisotopic (exact) mass is 777 g/mol. The lowest BCUT2D eigenvalue weighted by Crippen LogP contribution is -2.29. The molecule has 1 atom stereocenters. The molecule has 3 heteroatoms. The minimum atomic E-state index is -0.560. The van der Waals surface area contributed by atoms with Gasteiger partial charge in [0.2, 0.25) is 0 Å². The van der Waals surface area contributed by atoms with Gasteiger partial charge in [0.1, 0.15) is 0 Å². The Kier molecular flexibility index (Phi) is 8.02. The highest BCUT2D eigenvalue weighted by molar-refractivity contribution is 6.14. The molecule has 0 bridgehead atoms. The summed E-state index contributed by atoms with van der Waals surface area (Å²) >= 11 is 0. The summed E-state index contributed by atoms with van der Waals surface area (Å²) in [6.07, 6.45) is 4.11. The average Bonchev–Trinajstić information content (AvgIpc) is 3.88. The fourth-order valence-corrected chi connectivity index (χ4v) is 10.5. The van der Waals surface area contributed by atoms with Crippen molar-refractivity contribution in [2.24, 2.45) is 10.9 Å². The molecule has 286 valence electrons. The maximum absolute atomic E-state index is 9.75. The Morgan fingerprint density at radius 3 is 2.02 bits per heavy atom. The number of hydrogen-bond donors (Lipinski definition) is 0. The van der Waals surface area contributed by atoms with E-state index in [2.05, 4.69) is 199 Å². The van der Waals surface area contributed by atoms with Crippen molar-refractivity contribution in [1.82, 2.24) is 4.57 Å². The largest absolute Gasteiger partial charge is 0.309 e. The molecule has 0 amide bonds. The third-order valence-corrected chi connectivity index (χ3v) is 13.2. The normalized spacial score (nSPS) is 19.0. The molecule has 3 nitrogen and oxygen atoms in total. The number of nitrogens with zero attached hydrogens (tertiary/aromatic N) is 3. The van der Waals surface area contributed by atoms with E-state index in [0.29, 0.717) is 11.5 Å². The van der Waals surface area contributed by atoms with Gasteiger partial charge in [-0.25, -0.2) is 0 Å². The molecule has 3 aliphatic rings. The molecular weight excluding hydrogens is 739 g/mol. The van der Waals surface area contributed by atoms with Crippen LogP contribution in [-0.2, 0) is 5.41 Å². The standard InChI is InChI=1S/C58H39N3/c59-37-38-16-14-19-40(32-38)51-36-54(39-17-4-1-5-18-39)60-53(35-42-34-50(42)51)41-20-15-25-45(33-41)61-55-29-13-11-27-47(55)49-31-30-48-46-26-10-12-28-52(46)58(56(48)57(49)61,43-21-6-2-7-22-43)44-23-8-3-9-24-44/h1-33,36,42H,34-35H2/b51-50-,54-36-,60-53-. The number of para-hydroxylation sites is 1. The summed E-state index contributed by atoms with van der Waals surface area (Å²) in [7, 11) is 0. The van der Waals surface area contributed by atoms with Crippen LogP contribution in [0.4, 0.5) is 0 Å². The zero-order valence-corrected chi connectivity index (χ0v) is 33.5. The molecule has 1 fully saturated rings. The van der Waals surface area contributed by atoms with Crippen LogP contribution in [-0.4, -0.2) is 10.3 Å². The van der Waals surface area contributed by atoms with Crippen molar-refractivity contribution in [1.29, 1.82) is 5.26 Å². The van der Waals surface area contributed by atoms with Crippen LogP contribution in [0.5, 0.6) is 0 Å². The molecule has 2 heterocycles. The van der Waals surface area contributed by atoms with E-state index in [1.807, 2.05) is 18.2 Å². The second-order valence-electron chi connectivity index (χ2n) is 16.5. The summed E-state index contributed by atoms with van der Waals surface area (Å²) in [5.41, 5.74) is 19.2. The molecule has 1 aliphatic heterocycles. The summed E-state index contributed by atoms with van der Waals surface area (Å²) in [5.74, 6) is 0.393. The number of nitriles is 1. The topological polar surface area (TPSA) is 41.1 Å². The second-order valence-corrected chi connectivity index (χ2v) is 16.5. The Hall–Kier alpha value is -7.80. The van der Waals surface area contributed by atoms with Crippen LogP contribution in [0.1, 0.15) is 57.3 Å². The molecule has 1 unspecified atom stereocenters. The molecule has 0 radical (unpaired) electrons. The first-order chi connectivity index (χ1) is 30.2. The van der Waals surface area contributed by atoms with E-state index < -0.39 is 5.41 Å². The molecule has 61 heavy (non-hydrogen) atoms. The predicted octanol–water partition coefficient (Wildman–Crippen LogP) is 13.7. The van der Waals surface area contributed by atoms with Gasteiger partial charge in [-0.15, -0.1) is 0 Å². The summed E-state index contributed by atoms with van der Waals surface area (Å²) in [6.45, 7) is 0. The molecule has 8 aromatic carbocycles. The highest BCUT2D eigenvalue weighted by Crippen LogP contribution is 2.59. The van der Waals surface area contributed by atoms with Crippen molar-refractivity contribution in [3.05, 3.63) is 256 Å². The fraction of sp³-hybridized carbons (Fsp3) is 0.0690. The molecule has 1 aromatic heterocycles. The molecule has 0 saturated heterocycles. The zero-order valence-electron chi connectivity index (χ0n) is 33.5. The molecule has 2 aliphatic carbocycles. The van der Waals surface area contributed by atoms with Gasteiger partial charge in [0.05, 0.1) is 33.8 Å². The van der Waals surface area contributed by atoms with Crippen molar-refractivity contribution in [3.63, 3.8) is 0 Å². The number of hydrogen-bond acceptors (Lipinski definition) is 2. The summed E-state index contributed by atoms with van der Waals surface area (Å²) in [5, 5.41) is 12.2. The van der Waals surface area contributed by atoms with Gasteiger partial charge in [0.15, 0.2) is 0 Å². The van der Waals surface area contributed by atoms with Gasteiger partial charge in [0.25, 0.3) is 0 Å². The summed E-state index contributed by atoms with van der Waals surface area (Å²) in [6, 6.07) is 74.7. The smallest absolute Gasteiger partial charge is 0.0991 e. The third-order valence-electron chi connectivity index (χ3n) is 13.2. The molecule has 12 rings (SSSR count). The lowest BCUT2D eigenvalue weighted by Gasteiger charge is -2.34. The first-order valence-electron chi connectivity index (χ1n) is 21.2. The molecule has 9 aromatic rings. The molecular formula is C58H39N3. The van der Waals surface area contributed by atoms with Gasteiger partial charge in [0, 0.05) is 33.3 Å². The Bertz CT molecular complexity index is 3320. The van der Waals surface area contributed by atoms with Gasteiger partial charge in [-0.05, 0) is 99.7 Å². The second kappa shape index (κ2) is 13.9. The van der Waals surface area contributed by atoms with E-state index in [4.69, 9.17) is 4.99 Å². The first-order valence-corrected chi connectivity index (χ1v) is 21.2. The number of rotatable bonds is 6. The van der Waals surface area contributed by atoms with E-state index >= 15 is 0 Å². The highest BCUT2D eigenvalue weighted by Gasteiger charge is 2.48. The number of aliphatic imine (C=N–C) groups is 1. The van der Waals surface area contributed by atoms with Crippen LogP contribution in [0.3, 0.4) is 0 Å². The van der Waals surface area contributed by atoms with Crippen molar-refractivity contribution in [2.75, 3.05) is 0 Å². The Balaban J connectivity index is 1.11. The highest BCUT2D eigenvalue weighted by atomic mass is 15.0. The van der Waals surface area contributed by atoms with Gasteiger partial charge < -0.3 is 4.57 Å². The van der Waals surface area contributed by atoms with Crippen LogP contribution in [0, 0.1) is 17.2 Å². The van der Waals surface area contributed by atoms with Gasteiger partial charge >= 0.3 is 0 Å². The van der Waals surface area contributed by atoms with Crippen molar-refractivity contribution < 1.29 is 0 Å². The summed E-state index contributed by atoms with van der Waals surface area (Å²) < 4.78 is 2.53. The van der Waals surface area contributed by atoms with E-state index in [-0.39, 0.29) is 0 Å². The zero-order chi connectivity index (χ0) is 40.5. The van der Waals surface area contributed by atoms with Crippen molar-refractivity contribution in [3.8, 4) is 22.9 Å². The van der Waals surface area contributed by atoms with E-state index in [9.17, 15) is 5.26 Å². The maximum atomic E-state index is 9.75. The maximum Gasteiger partial charge on any atom is 0.0991 e. The third kappa shape index (κ3) is 5.46. The number of allylic oxidation sites excluding steroid dienone is 3. The van der Waals surface area contributed by atoms with Gasteiger partial charge in [-0.1, -0.05) is 175 Å². The van der Waals surface area contributed by atoms with Crippen LogP contribution in [0.15, 0.2) is 217 Å². The van der Waals surface area contributed by atoms with Gasteiger partial charge in [-0.3, -0.25) is 4.99 Å².